The van der Waals surface area contributed by atoms with Gasteiger partial charge in [-0.2, -0.15) is 12.6 Å². The van der Waals surface area contributed by atoms with Crippen LogP contribution in [0.3, 0.4) is 0 Å². The van der Waals surface area contributed by atoms with Crippen LogP contribution in [0.4, 0.5) is 0 Å². The number of carboxylic acids is 1. The van der Waals surface area contributed by atoms with Gasteiger partial charge in [0.25, 0.3) is 0 Å². The Hall–Kier alpha value is -3.05. The first-order valence-corrected chi connectivity index (χ1v) is 11.0. The van der Waals surface area contributed by atoms with Gasteiger partial charge in [-0.05, 0) is 24.5 Å². The molecule has 1 aromatic heterocycles. The number of thiol groups is 1. The molecule has 1 aliphatic rings. The standard InChI is InChI=1S/C21H27N5O5S/c22-9-18(27)26-7-3-6-17(26)20(29)25-16(11-32)19(28)24-15(21(30)31)8-12-10-23-14-5-2-1-4-13(12)14/h1-2,4-5,10,15-17,23,32H,3,6-9,11,22H2,(H,24,28)(H,25,29)(H,30,31). The van der Waals surface area contributed by atoms with Crippen LogP contribution in [-0.2, 0) is 25.6 Å². The van der Waals surface area contributed by atoms with Gasteiger partial charge in [0, 0.05) is 35.8 Å². The highest BCUT2D eigenvalue weighted by molar-refractivity contribution is 7.80. The summed E-state index contributed by atoms with van der Waals surface area (Å²) >= 11 is 4.14. The van der Waals surface area contributed by atoms with Crippen LogP contribution in [0.2, 0.25) is 0 Å². The van der Waals surface area contributed by atoms with E-state index in [1.807, 2.05) is 24.3 Å². The third-order valence-electron chi connectivity index (χ3n) is 5.58. The fraction of sp³-hybridized carbons (Fsp3) is 0.429. The number of aromatic amines is 1. The first kappa shape index (κ1) is 23.6. The van der Waals surface area contributed by atoms with Crippen molar-refractivity contribution in [3.05, 3.63) is 36.0 Å². The molecule has 172 valence electrons. The van der Waals surface area contributed by atoms with Gasteiger partial charge in [-0.25, -0.2) is 4.79 Å². The molecule has 2 aromatic rings. The minimum atomic E-state index is -1.19. The second-order valence-electron chi connectivity index (χ2n) is 7.66. The average molecular weight is 462 g/mol. The van der Waals surface area contributed by atoms with Gasteiger partial charge in [-0.15, -0.1) is 0 Å². The Labute approximate surface area is 190 Å². The molecule has 0 saturated carbocycles. The predicted molar refractivity (Wildman–Crippen MR) is 121 cm³/mol. The number of likely N-dealkylation sites (tertiary alicyclic amines) is 1. The number of nitrogens with one attached hydrogen (secondary N) is 3. The van der Waals surface area contributed by atoms with Crippen molar-refractivity contribution >= 4 is 47.2 Å². The van der Waals surface area contributed by atoms with E-state index in [-0.39, 0.29) is 24.6 Å². The van der Waals surface area contributed by atoms with Crippen molar-refractivity contribution in [1.29, 1.82) is 0 Å². The Bertz CT molecular complexity index is 1010. The minimum absolute atomic E-state index is 0.0332. The third-order valence-corrected chi connectivity index (χ3v) is 5.94. The summed E-state index contributed by atoms with van der Waals surface area (Å²) in [6, 6.07) is 4.51. The quantitative estimate of drug-likeness (QED) is 0.280. The van der Waals surface area contributed by atoms with Gasteiger partial charge in [-0.1, -0.05) is 18.2 Å². The zero-order chi connectivity index (χ0) is 23.3. The Morgan fingerprint density at radius 2 is 1.97 bits per heavy atom. The molecule has 0 bridgehead atoms. The minimum Gasteiger partial charge on any atom is -0.480 e. The maximum absolute atomic E-state index is 12.8. The van der Waals surface area contributed by atoms with Crippen molar-refractivity contribution in [3.8, 4) is 0 Å². The molecule has 11 heteroatoms. The highest BCUT2D eigenvalue weighted by Gasteiger charge is 2.35. The molecule has 1 aliphatic heterocycles. The molecular formula is C21H27N5O5S. The zero-order valence-corrected chi connectivity index (χ0v) is 18.3. The molecule has 32 heavy (non-hydrogen) atoms. The summed E-state index contributed by atoms with van der Waals surface area (Å²) < 4.78 is 0. The Balaban J connectivity index is 1.66. The van der Waals surface area contributed by atoms with Crippen LogP contribution in [0.5, 0.6) is 0 Å². The number of hydrogen-bond donors (Lipinski definition) is 6. The van der Waals surface area contributed by atoms with E-state index in [0.717, 1.165) is 16.5 Å². The molecule has 3 atom stereocenters. The van der Waals surface area contributed by atoms with Gasteiger partial charge in [0.1, 0.15) is 18.1 Å². The van der Waals surface area contributed by atoms with Gasteiger partial charge < -0.3 is 31.4 Å². The van der Waals surface area contributed by atoms with Crippen LogP contribution < -0.4 is 16.4 Å². The van der Waals surface area contributed by atoms with Crippen LogP contribution in [-0.4, -0.2) is 75.6 Å². The molecule has 3 rings (SSSR count). The first-order chi connectivity index (χ1) is 15.3. The normalized spacial score (nSPS) is 17.7. The predicted octanol–water partition coefficient (Wildman–Crippen LogP) is -0.356. The van der Waals surface area contributed by atoms with Crippen LogP contribution >= 0.6 is 12.6 Å². The van der Waals surface area contributed by atoms with Crippen molar-refractivity contribution in [3.63, 3.8) is 0 Å². The number of benzene rings is 1. The number of fused-ring (bicyclic) bond motifs is 1. The molecule has 0 radical (unpaired) electrons. The fourth-order valence-corrected chi connectivity index (χ4v) is 4.17. The Morgan fingerprint density at radius 1 is 1.22 bits per heavy atom. The molecule has 3 unspecified atom stereocenters. The molecule has 0 aliphatic carbocycles. The second-order valence-corrected chi connectivity index (χ2v) is 8.02. The van der Waals surface area contributed by atoms with Crippen molar-refractivity contribution in [2.45, 2.75) is 37.4 Å². The largest absolute Gasteiger partial charge is 0.480 e. The lowest BCUT2D eigenvalue weighted by Crippen LogP contribution is -2.56. The van der Waals surface area contributed by atoms with Crippen LogP contribution in [0.1, 0.15) is 18.4 Å². The number of H-pyrrole nitrogens is 1. The number of para-hydroxylation sites is 1. The lowest BCUT2D eigenvalue weighted by Gasteiger charge is -2.26. The van der Waals surface area contributed by atoms with E-state index in [1.165, 1.54) is 4.90 Å². The maximum Gasteiger partial charge on any atom is 0.326 e. The summed E-state index contributed by atoms with van der Waals surface area (Å²) in [7, 11) is 0. The Morgan fingerprint density at radius 3 is 2.66 bits per heavy atom. The lowest BCUT2D eigenvalue weighted by atomic mass is 10.0. The summed E-state index contributed by atoms with van der Waals surface area (Å²) in [6.45, 7) is 0.228. The molecule has 6 N–H and O–H groups in total. The number of carbonyl (C=O) groups is 4. The number of nitrogens with two attached hydrogens (primary N) is 1. The maximum atomic E-state index is 12.8. The van der Waals surface area contributed by atoms with Gasteiger partial charge in [0.15, 0.2) is 0 Å². The van der Waals surface area contributed by atoms with E-state index in [9.17, 15) is 24.3 Å². The number of aliphatic carboxylic acids is 1. The number of carbonyl (C=O) groups excluding carboxylic acids is 3. The van der Waals surface area contributed by atoms with Crippen molar-refractivity contribution in [2.75, 3.05) is 18.8 Å². The summed E-state index contributed by atoms with van der Waals surface area (Å²) in [5.74, 6) is -2.70. The molecule has 0 spiro atoms. The highest BCUT2D eigenvalue weighted by atomic mass is 32.1. The van der Waals surface area contributed by atoms with Crippen molar-refractivity contribution < 1.29 is 24.3 Å². The number of hydrogen-bond acceptors (Lipinski definition) is 6. The van der Waals surface area contributed by atoms with E-state index in [1.54, 1.807) is 6.20 Å². The van der Waals surface area contributed by atoms with Crippen LogP contribution in [0.25, 0.3) is 10.9 Å². The first-order valence-electron chi connectivity index (χ1n) is 10.3. The number of aromatic nitrogens is 1. The molecule has 1 fully saturated rings. The summed E-state index contributed by atoms with van der Waals surface area (Å²) in [5.41, 5.74) is 7.02. The number of amides is 3. The van der Waals surface area contributed by atoms with Gasteiger partial charge in [-0.3, -0.25) is 14.4 Å². The fourth-order valence-electron chi connectivity index (χ4n) is 3.91. The van der Waals surface area contributed by atoms with Gasteiger partial charge >= 0.3 is 5.97 Å². The smallest absolute Gasteiger partial charge is 0.326 e. The third kappa shape index (κ3) is 5.22. The molecule has 10 nitrogen and oxygen atoms in total. The number of rotatable bonds is 9. The summed E-state index contributed by atoms with van der Waals surface area (Å²) in [6.07, 6.45) is 2.91. The second kappa shape index (κ2) is 10.5. The summed E-state index contributed by atoms with van der Waals surface area (Å²) in [5, 5.41) is 15.6. The monoisotopic (exact) mass is 461 g/mol. The lowest BCUT2D eigenvalue weighted by molar-refractivity contribution is -0.142. The molecular weight excluding hydrogens is 434 g/mol. The van der Waals surface area contributed by atoms with E-state index in [4.69, 9.17) is 5.73 Å². The van der Waals surface area contributed by atoms with Crippen LogP contribution in [0, 0.1) is 0 Å². The van der Waals surface area contributed by atoms with E-state index in [2.05, 4.69) is 28.2 Å². The molecule has 1 saturated heterocycles. The van der Waals surface area contributed by atoms with Crippen LogP contribution in [0.15, 0.2) is 30.5 Å². The molecule has 3 amide bonds. The van der Waals surface area contributed by atoms with E-state index in [0.29, 0.717) is 19.4 Å². The SMILES string of the molecule is NCC(=O)N1CCCC1C(=O)NC(CS)C(=O)NC(Cc1c[nH]c2ccccc12)C(=O)O. The number of carboxylic acid groups (broad SMARTS) is 1. The van der Waals surface area contributed by atoms with Crippen molar-refractivity contribution in [1.82, 2.24) is 20.5 Å². The highest BCUT2D eigenvalue weighted by Crippen LogP contribution is 2.20. The van der Waals surface area contributed by atoms with Gasteiger partial charge in [0.05, 0.1) is 6.54 Å². The van der Waals surface area contributed by atoms with E-state index >= 15 is 0 Å². The Kier molecular flexibility index (Phi) is 7.75. The molecule has 1 aromatic carbocycles. The number of nitrogens with zero attached hydrogens (tertiary/aromatic N) is 1. The topological polar surface area (TPSA) is 158 Å². The van der Waals surface area contributed by atoms with E-state index < -0.39 is 35.9 Å². The summed E-state index contributed by atoms with van der Waals surface area (Å²) in [4.78, 5) is 53.7. The zero-order valence-electron chi connectivity index (χ0n) is 17.4. The molecule has 2 heterocycles. The van der Waals surface area contributed by atoms with Gasteiger partial charge in [0.2, 0.25) is 17.7 Å². The van der Waals surface area contributed by atoms with Crippen molar-refractivity contribution in [2.24, 2.45) is 5.73 Å². The average Bonchev–Trinajstić information content (AvgIpc) is 3.43.